The topological polar surface area (TPSA) is 49.6 Å². The molecule has 4 heteroatoms. The fourth-order valence-corrected chi connectivity index (χ4v) is 2.00. The van der Waals surface area contributed by atoms with Gasteiger partial charge < -0.3 is 5.73 Å². The molecule has 2 aromatic rings. The maximum atomic E-state index is 11.5. The van der Waals surface area contributed by atoms with E-state index in [2.05, 4.69) is 0 Å². The number of rotatable bonds is 3. The van der Waals surface area contributed by atoms with Gasteiger partial charge in [-0.05, 0) is 23.3 Å². The zero-order chi connectivity index (χ0) is 13.8. The SMILES string of the molecule is CN(C)N(C(N)=O)c1cccc(-c2ccccc2)c1. The summed E-state index contributed by atoms with van der Waals surface area (Å²) in [7, 11) is 3.56. The molecule has 0 saturated carbocycles. The van der Waals surface area contributed by atoms with Gasteiger partial charge in [0.05, 0.1) is 5.69 Å². The van der Waals surface area contributed by atoms with E-state index in [1.54, 1.807) is 19.1 Å². The average Bonchev–Trinajstić information content (AvgIpc) is 2.39. The Morgan fingerprint density at radius 2 is 1.58 bits per heavy atom. The highest BCUT2D eigenvalue weighted by molar-refractivity contribution is 5.90. The molecule has 0 bridgehead atoms. The van der Waals surface area contributed by atoms with Gasteiger partial charge in [-0.3, -0.25) is 0 Å². The van der Waals surface area contributed by atoms with Crippen LogP contribution in [0.25, 0.3) is 11.1 Å². The van der Waals surface area contributed by atoms with E-state index < -0.39 is 6.03 Å². The van der Waals surface area contributed by atoms with Crippen molar-refractivity contribution in [2.45, 2.75) is 0 Å². The van der Waals surface area contributed by atoms with Gasteiger partial charge in [0, 0.05) is 14.1 Å². The van der Waals surface area contributed by atoms with Crippen molar-refractivity contribution in [1.29, 1.82) is 0 Å². The van der Waals surface area contributed by atoms with Crippen molar-refractivity contribution < 1.29 is 4.79 Å². The van der Waals surface area contributed by atoms with Crippen molar-refractivity contribution in [3.05, 3.63) is 54.6 Å². The van der Waals surface area contributed by atoms with Crippen molar-refractivity contribution in [2.24, 2.45) is 5.73 Å². The number of hydrazine groups is 1. The van der Waals surface area contributed by atoms with Gasteiger partial charge in [0.25, 0.3) is 0 Å². The molecule has 2 N–H and O–H groups in total. The number of benzene rings is 2. The second-order valence-corrected chi connectivity index (χ2v) is 4.41. The number of carbonyl (C=O) groups excluding carboxylic acids is 1. The third kappa shape index (κ3) is 2.92. The lowest BCUT2D eigenvalue weighted by molar-refractivity contribution is 0.239. The van der Waals surface area contributed by atoms with Crippen LogP contribution in [-0.4, -0.2) is 25.1 Å². The predicted molar refractivity (Wildman–Crippen MR) is 77.6 cm³/mol. The van der Waals surface area contributed by atoms with Crippen LogP contribution in [0, 0.1) is 0 Å². The molecule has 0 heterocycles. The fraction of sp³-hybridized carbons (Fsp3) is 0.133. The molecule has 0 fully saturated rings. The predicted octanol–water partition coefficient (Wildman–Crippen LogP) is 2.72. The third-order valence-electron chi connectivity index (χ3n) is 2.81. The van der Waals surface area contributed by atoms with Gasteiger partial charge in [0.1, 0.15) is 0 Å². The van der Waals surface area contributed by atoms with Crippen LogP contribution >= 0.6 is 0 Å². The summed E-state index contributed by atoms with van der Waals surface area (Å²) in [6.45, 7) is 0. The highest BCUT2D eigenvalue weighted by Crippen LogP contribution is 2.24. The summed E-state index contributed by atoms with van der Waals surface area (Å²) in [6, 6.07) is 17.2. The number of nitrogens with zero attached hydrogens (tertiary/aromatic N) is 2. The third-order valence-corrected chi connectivity index (χ3v) is 2.81. The molecule has 2 rings (SSSR count). The van der Waals surface area contributed by atoms with Crippen LogP contribution in [0.1, 0.15) is 0 Å². The minimum atomic E-state index is -0.504. The Bertz CT molecular complexity index is 567. The summed E-state index contributed by atoms with van der Waals surface area (Å²) in [5.74, 6) is 0. The average molecular weight is 255 g/mol. The van der Waals surface area contributed by atoms with Gasteiger partial charge in [0.15, 0.2) is 0 Å². The maximum Gasteiger partial charge on any atom is 0.334 e. The minimum Gasteiger partial charge on any atom is -0.350 e. The monoisotopic (exact) mass is 255 g/mol. The molecule has 19 heavy (non-hydrogen) atoms. The van der Waals surface area contributed by atoms with Crippen LogP contribution < -0.4 is 10.7 Å². The van der Waals surface area contributed by atoms with E-state index in [0.29, 0.717) is 0 Å². The summed E-state index contributed by atoms with van der Waals surface area (Å²) >= 11 is 0. The molecule has 98 valence electrons. The summed E-state index contributed by atoms with van der Waals surface area (Å²) in [5, 5.41) is 3.08. The quantitative estimate of drug-likeness (QED) is 0.857. The number of urea groups is 1. The summed E-state index contributed by atoms with van der Waals surface area (Å²) < 4.78 is 0. The van der Waals surface area contributed by atoms with Gasteiger partial charge in [-0.1, -0.05) is 42.5 Å². The molecular weight excluding hydrogens is 238 g/mol. The second kappa shape index (κ2) is 5.54. The van der Waals surface area contributed by atoms with E-state index in [0.717, 1.165) is 16.8 Å². The summed E-state index contributed by atoms with van der Waals surface area (Å²) in [4.78, 5) is 11.5. The van der Waals surface area contributed by atoms with Gasteiger partial charge in [-0.15, -0.1) is 0 Å². The molecule has 0 spiro atoms. The number of amides is 2. The number of anilines is 1. The molecule has 0 unspecified atom stereocenters. The van der Waals surface area contributed by atoms with E-state index in [4.69, 9.17) is 5.73 Å². The molecule has 0 radical (unpaired) electrons. The van der Waals surface area contributed by atoms with Crippen LogP contribution in [0.2, 0.25) is 0 Å². The first-order valence-electron chi connectivity index (χ1n) is 6.02. The smallest absolute Gasteiger partial charge is 0.334 e. The molecular formula is C15H17N3O. The van der Waals surface area contributed by atoms with Crippen LogP contribution in [0.15, 0.2) is 54.6 Å². The number of hydrogen-bond acceptors (Lipinski definition) is 2. The Morgan fingerprint density at radius 1 is 0.947 bits per heavy atom. The number of carbonyl (C=O) groups is 1. The standard InChI is InChI=1S/C15H17N3O/c1-17(2)18(15(16)19)14-10-6-9-13(11-14)12-7-4-3-5-8-12/h3-11H,1-2H3,(H2,16,19). The van der Waals surface area contributed by atoms with Crippen LogP contribution in [0.5, 0.6) is 0 Å². The Labute approximate surface area is 113 Å². The zero-order valence-corrected chi connectivity index (χ0v) is 11.1. The van der Waals surface area contributed by atoms with E-state index in [1.807, 2.05) is 54.6 Å². The molecule has 2 aromatic carbocycles. The molecule has 4 nitrogen and oxygen atoms in total. The maximum absolute atomic E-state index is 11.5. The van der Waals surface area contributed by atoms with Gasteiger partial charge in [-0.2, -0.15) is 0 Å². The number of hydrogen-bond donors (Lipinski definition) is 1. The van der Waals surface area contributed by atoms with Gasteiger partial charge >= 0.3 is 6.03 Å². The highest BCUT2D eigenvalue weighted by Gasteiger charge is 2.15. The van der Waals surface area contributed by atoms with Crippen molar-refractivity contribution in [2.75, 3.05) is 19.1 Å². The first-order valence-corrected chi connectivity index (χ1v) is 6.02. The van der Waals surface area contributed by atoms with Gasteiger partial charge in [-0.25, -0.2) is 14.8 Å². The minimum absolute atomic E-state index is 0.504. The van der Waals surface area contributed by atoms with Crippen molar-refractivity contribution in [3.63, 3.8) is 0 Å². The van der Waals surface area contributed by atoms with Crippen molar-refractivity contribution >= 4 is 11.7 Å². The van der Waals surface area contributed by atoms with Crippen molar-refractivity contribution in [3.8, 4) is 11.1 Å². The highest BCUT2D eigenvalue weighted by atomic mass is 16.2. The lowest BCUT2D eigenvalue weighted by Crippen LogP contribution is -2.45. The molecule has 0 saturated heterocycles. The van der Waals surface area contributed by atoms with Gasteiger partial charge in [0.2, 0.25) is 0 Å². The normalized spacial score (nSPS) is 10.5. The zero-order valence-electron chi connectivity index (χ0n) is 11.1. The molecule has 2 amide bonds. The van der Waals surface area contributed by atoms with Crippen LogP contribution in [-0.2, 0) is 0 Å². The van der Waals surface area contributed by atoms with E-state index >= 15 is 0 Å². The first kappa shape index (κ1) is 13.1. The molecule has 0 aliphatic heterocycles. The Morgan fingerprint density at radius 3 is 2.16 bits per heavy atom. The van der Waals surface area contributed by atoms with Crippen molar-refractivity contribution in [1.82, 2.24) is 5.01 Å². The van der Waals surface area contributed by atoms with Crippen LogP contribution in [0.3, 0.4) is 0 Å². The number of nitrogens with two attached hydrogens (primary N) is 1. The Balaban J connectivity index is 2.42. The van der Waals surface area contributed by atoms with E-state index in [9.17, 15) is 4.79 Å². The van der Waals surface area contributed by atoms with E-state index in [1.165, 1.54) is 5.01 Å². The Kier molecular flexibility index (Phi) is 3.82. The molecule has 0 atom stereocenters. The largest absolute Gasteiger partial charge is 0.350 e. The van der Waals surface area contributed by atoms with E-state index in [-0.39, 0.29) is 0 Å². The second-order valence-electron chi connectivity index (χ2n) is 4.41. The fourth-order valence-electron chi connectivity index (χ4n) is 2.00. The lowest BCUT2D eigenvalue weighted by atomic mass is 10.1. The molecule has 0 aliphatic rings. The first-order chi connectivity index (χ1) is 9.09. The molecule has 0 aliphatic carbocycles. The van der Waals surface area contributed by atoms with Crippen LogP contribution in [0.4, 0.5) is 10.5 Å². The lowest BCUT2D eigenvalue weighted by Gasteiger charge is -2.27. The summed E-state index contributed by atoms with van der Waals surface area (Å²) in [6.07, 6.45) is 0. The summed E-state index contributed by atoms with van der Waals surface area (Å²) in [5.41, 5.74) is 8.30. The Hall–Kier alpha value is -2.33. The molecule has 0 aromatic heterocycles. The number of primary amides is 1.